The normalized spacial score (nSPS) is 33.1. The minimum Gasteiger partial charge on any atom is -0.458 e. The fourth-order valence-corrected chi connectivity index (χ4v) is 5.93. The lowest BCUT2D eigenvalue weighted by molar-refractivity contribution is -0.900. The summed E-state index contributed by atoms with van der Waals surface area (Å²) < 4.78 is 35.9. The number of benzene rings is 1. The van der Waals surface area contributed by atoms with E-state index in [0.29, 0.717) is 25.2 Å². The number of esters is 3. The predicted molar refractivity (Wildman–Crippen MR) is 110 cm³/mol. The van der Waals surface area contributed by atoms with Gasteiger partial charge in [0, 0.05) is 11.8 Å². The van der Waals surface area contributed by atoms with Crippen LogP contribution in [0.3, 0.4) is 0 Å². The van der Waals surface area contributed by atoms with Gasteiger partial charge in [0.1, 0.15) is 36.7 Å². The van der Waals surface area contributed by atoms with Gasteiger partial charge in [0.15, 0.2) is 6.54 Å². The molecule has 1 aromatic rings. The van der Waals surface area contributed by atoms with Gasteiger partial charge >= 0.3 is 17.9 Å². The number of ether oxygens (including phenoxy) is 4. The number of carbonyl (C=O) groups excluding carboxylic acids is 3. The van der Waals surface area contributed by atoms with Crippen molar-refractivity contribution in [1.29, 1.82) is 0 Å². The SMILES string of the molecule is CC(C)(OC(=O)C1C2CC3C(OC(=O)C31)C2OC(=O)C[NH+]1CCOCC1)c1ccc(F)cc1. The van der Waals surface area contributed by atoms with Crippen molar-refractivity contribution in [3.05, 3.63) is 35.6 Å². The fraction of sp³-hybridized carbons (Fsp3) is 0.625. The minimum absolute atomic E-state index is 0.150. The highest BCUT2D eigenvalue weighted by Crippen LogP contribution is 2.59. The molecule has 6 unspecified atom stereocenters. The van der Waals surface area contributed by atoms with Crippen LogP contribution in [-0.2, 0) is 38.9 Å². The van der Waals surface area contributed by atoms with Crippen LogP contribution in [0.15, 0.2) is 24.3 Å². The predicted octanol–water partition coefficient (Wildman–Crippen LogP) is 0.238. The molecule has 0 radical (unpaired) electrons. The van der Waals surface area contributed by atoms with Crippen molar-refractivity contribution >= 4 is 17.9 Å². The lowest BCUT2D eigenvalue weighted by atomic mass is 9.78. The first-order valence-corrected chi connectivity index (χ1v) is 11.5. The van der Waals surface area contributed by atoms with E-state index in [9.17, 15) is 18.8 Å². The Morgan fingerprint density at radius 1 is 1.15 bits per heavy atom. The van der Waals surface area contributed by atoms with Crippen LogP contribution in [0.4, 0.5) is 4.39 Å². The molecule has 8 nitrogen and oxygen atoms in total. The van der Waals surface area contributed by atoms with Crippen molar-refractivity contribution < 1.29 is 42.6 Å². The second kappa shape index (κ2) is 8.36. The van der Waals surface area contributed by atoms with Gasteiger partial charge in [-0.25, -0.2) is 9.18 Å². The number of hydrogen-bond acceptors (Lipinski definition) is 7. The first-order valence-electron chi connectivity index (χ1n) is 11.5. The van der Waals surface area contributed by atoms with Gasteiger partial charge < -0.3 is 23.8 Å². The van der Waals surface area contributed by atoms with Crippen molar-refractivity contribution in [3.8, 4) is 0 Å². The van der Waals surface area contributed by atoms with Crippen LogP contribution in [0.1, 0.15) is 25.8 Å². The first-order chi connectivity index (χ1) is 15.7. The van der Waals surface area contributed by atoms with Gasteiger partial charge in [-0.3, -0.25) is 9.59 Å². The number of halogens is 1. The molecule has 2 aliphatic carbocycles. The van der Waals surface area contributed by atoms with E-state index in [0.717, 1.165) is 18.0 Å². The Morgan fingerprint density at radius 3 is 2.55 bits per heavy atom. The standard InChI is InChI=1S/C24H28FNO7/c1-24(2,13-3-5-14(25)6-4-13)33-23(29)19-16-11-15-18(19)22(28)32-21(15)20(16)31-17(27)12-26-7-9-30-10-8-26/h3-6,15-16,18-21H,7-12H2,1-2H3/p+1. The lowest BCUT2D eigenvalue weighted by Crippen LogP contribution is -3.15. The second-order valence-corrected chi connectivity index (χ2v) is 9.95. The molecule has 1 N–H and O–H groups in total. The van der Waals surface area contributed by atoms with E-state index in [-0.39, 0.29) is 30.2 Å². The van der Waals surface area contributed by atoms with Crippen molar-refractivity contribution in [1.82, 2.24) is 0 Å². The van der Waals surface area contributed by atoms with Crippen LogP contribution >= 0.6 is 0 Å². The summed E-state index contributed by atoms with van der Waals surface area (Å²) in [6.45, 7) is 6.35. The third kappa shape index (κ3) is 4.01. The minimum atomic E-state index is -1.01. The van der Waals surface area contributed by atoms with Gasteiger partial charge in [-0.15, -0.1) is 0 Å². The number of rotatable bonds is 6. The van der Waals surface area contributed by atoms with Gasteiger partial charge in [-0.1, -0.05) is 12.1 Å². The smallest absolute Gasteiger partial charge is 0.362 e. The van der Waals surface area contributed by atoms with Gasteiger partial charge in [0.05, 0.1) is 25.0 Å². The summed E-state index contributed by atoms with van der Waals surface area (Å²) in [5.41, 5.74) is -0.371. The molecule has 9 heteroatoms. The third-order valence-corrected chi connectivity index (χ3v) is 7.58. The van der Waals surface area contributed by atoms with Gasteiger partial charge in [-0.05, 0) is 38.0 Å². The molecule has 33 heavy (non-hydrogen) atoms. The van der Waals surface area contributed by atoms with Crippen molar-refractivity contribution in [3.63, 3.8) is 0 Å². The van der Waals surface area contributed by atoms with Crippen molar-refractivity contribution in [2.75, 3.05) is 32.8 Å². The van der Waals surface area contributed by atoms with E-state index >= 15 is 0 Å². The molecule has 6 atom stereocenters. The number of hydrogen-bond donors (Lipinski definition) is 1. The maximum absolute atomic E-state index is 13.3. The third-order valence-electron chi connectivity index (χ3n) is 7.58. The van der Waals surface area contributed by atoms with Crippen LogP contribution in [0, 0.1) is 29.5 Å². The topological polar surface area (TPSA) is 92.6 Å². The van der Waals surface area contributed by atoms with Crippen molar-refractivity contribution in [2.45, 2.75) is 38.1 Å². The Balaban J connectivity index is 1.29. The summed E-state index contributed by atoms with van der Waals surface area (Å²) >= 11 is 0. The molecule has 0 amide bonds. The second-order valence-electron chi connectivity index (χ2n) is 9.95. The van der Waals surface area contributed by atoms with Gasteiger partial charge in [-0.2, -0.15) is 0 Å². The molecular formula is C24H29FNO7+. The Kier molecular flexibility index (Phi) is 5.64. The van der Waals surface area contributed by atoms with Crippen LogP contribution < -0.4 is 4.90 Å². The molecule has 5 rings (SSSR count). The van der Waals surface area contributed by atoms with Gasteiger partial charge in [0.25, 0.3) is 0 Å². The highest BCUT2D eigenvalue weighted by Gasteiger charge is 2.70. The number of morpholine rings is 1. The average molecular weight is 462 g/mol. The molecule has 178 valence electrons. The molecule has 4 fully saturated rings. The molecule has 2 saturated carbocycles. The highest BCUT2D eigenvalue weighted by molar-refractivity contribution is 5.86. The Hall–Kier alpha value is -2.52. The molecular weight excluding hydrogens is 433 g/mol. The Morgan fingerprint density at radius 2 is 1.85 bits per heavy atom. The van der Waals surface area contributed by atoms with Crippen LogP contribution in [0.25, 0.3) is 0 Å². The number of fused-ring (bicyclic) bond motifs is 1. The molecule has 2 aliphatic heterocycles. The Labute approximate surface area is 191 Å². The summed E-state index contributed by atoms with van der Waals surface area (Å²) in [6.07, 6.45) is -0.553. The average Bonchev–Trinajstić information content (AvgIpc) is 3.38. The quantitative estimate of drug-likeness (QED) is 0.478. The van der Waals surface area contributed by atoms with Crippen LogP contribution in [0.5, 0.6) is 0 Å². The highest BCUT2D eigenvalue weighted by atomic mass is 19.1. The Bertz CT molecular complexity index is 943. The molecule has 4 aliphatic rings. The molecule has 2 saturated heterocycles. The zero-order chi connectivity index (χ0) is 23.3. The zero-order valence-electron chi connectivity index (χ0n) is 18.8. The summed E-state index contributed by atoms with van der Waals surface area (Å²) in [5.74, 6) is -3.45. The first kappa shape index (κ1) is 22.3. The molecule has 0 aromatic heterocycles. The van der Waals surface area contributed by atoms with E-state index in [4.69, 9.17) is 18.9 Å². The van der Waals surface area contributed by atoms with Gasteiger partial charge in [0.2, 0.25) is 0 Å². The summed E-state index contributed by atoms with van der Waals surface area (Å²) in [6, 6.07) is 5.77. The summed E-state index contributed by atoms with van der Waals surface area (Å²) in [7, 11) is 0. The fourth-order valence-electron chi connectivity index (χ4n) is 5.93. The van der Waals surface area contributed by atoms with E-state index in [2.05, 4.69) is 0 Å². The number of quaternary nitrogens is 1. The van der Waals surface area contributed by atoms with E-state index in [1.165, 1.54) is 12.1 Å². The maximum atomic E-state index is 13.3. The maximum Gasteiger partial charge on any atom is 0.362 e. The largest absolute Gasteiger partial charge is 0.458 e. The lowest BCUT2D eigenvalue weighted by Gasteiger charge is -2.33. The number of nitrogens with one attached hydrogen (secondary N) is 1. The molecule has 1 aromatic carbocycles. The summed E-state index contributed by atoms with van der Waals surface area (Å²) in [4.78, 5) is 39.6. The number of carbonyl (C=O) groups is 3. The van der Waals surface area contributed by atoms with Crippen molar-refractivity contribution in [2.24, 2.45) is 23.7 Å². The summed E-state index contributed by atoms with van der Waals surface area (Å²) in [5, 5.41) is 0. The van der Waals surface area contributed by atoms with E-state index in [1.54, 1.807) is 26.0 Å². The molecule has 2 heterocycles. The van der Waals surface area contributed by atoms with Crippen LogP contribution in [0.2, 0.25) is 0 Å². The van der Waals surface area contributed by atoms with E-state index < -0.39 is 41.6 Å². The van der Waals surface area contributed by atoms with E-state index in [1.807, 2.05) is 0 Å². The molecule has 2 bridgehead atoms. The van der Waals surface area contributed by atoms with Crippen LogP contribution in [-0.4, -0.2) is 63.0 Å². The zero-order valence-corrected chi connectivity index (χ0v) is 18.8. The monoisotopic (exact) mass is 462 g/mol. The molecule has 0 spiro atoms.